The molecule has 0 radical (unpaired) electrons. The number of carbonyl (C=O) groups is 2. The number of hydrogen-bond donors (Lipinski definition) is 0. The van der Waals surface area contributed by atoms with E-state index in [0.717, 1.165) is 11.8 Å². The van der Waals surface area contributed by atoms with Gasteiger partial charge in [0.15, 0.2) is 0 Å². The third-order valence-electron chi connectivity index (χ3n) is 2.02. The molecule has 0 aromatic rings. The Labute approximate surface area is 105 Å². The maximum Gasteiger partial charge on any atom is 0.309 e. The Kier molecular flexibility index (Phi) is 9.28. The van der Waals surface area contributed by atoms with Crippen molar-refractivity contribution < 1.29 is 19.1 Å². The van der Waals surface area contributed by atoms with Crippen LogP contribution in [0.2, 0.25) is 0 Å². The molecule has 0 unspecified atom stereocenters. The Bertz CT molecular complexity index is 218. The predicted molar refractivity (Wildman–Crippen MR) is 64.4 cm³/mol. The molecule has 0 aliphatic heterocycles. The second-order valence-corrected chi connectivity index (χ2v) is 4.08. The number of esters is 2. The molecule has 0 N–H and O–H groups in total. The van der Waals surface area contributed by atoms with E-state index in [2.05, 4.69) is 15.9 Å². The van der Waals surface area contributed by atoms with Gasteiger partial charge >= 0.3 is 11.9 Å². The van der Waals surface area contributed by atoms with Crippen molar-refractivity contribution >= 4 is 27.9 Å². The number of carbonyl (C=O) groups excluding carboxylic acids is 2. The molecule has 0 aliphatic carbocycles. The normalized spacial score (nSPS) is 11.9. The Morgan fingerprint density at radius 1 is 1.19 bits per heavy atom. The molecule has 94 valence electrons. The Balaban J connectivity index is 4.18. The van der Waals surface area contributed by atoms with Crippen LogP contribution in [0.1, 0.15) is 33.1 Å². The zero-order valence-corrected chi connectivity index (χ0v) is 11.4. The molecule has 0 bridgehead atoms. The van der Waals surface area contributed by atoms with Crippen molar-refractivity contribution in [1.82, 2.24) is 0 Å². The highest BCUT2D eigenvalue weighted by Gasteiger charge is 2.23. The van der Waals surface area contributed by atoms with E-state index in [-0.39, 0.29) is 24.3 Å². The van der Waals surface area contributed by atoms with Crippen molar-refractivity contribution in [3.8, 4) is 0 Å². The van der Waals surface area contributed by atoms with Gasteiger partial charge in [-0.1, -0.05) is 15.9 Å². The average molecular weight is 295 g/mol. The van der Waals surface area contributed by atoms with E-state index in [1.54, 1.807) is 13.8 Å². The van der Waals surface area contributed by atoms with Crippen LogP contribution in [-0.2, 0) is 19.1 Å². The minimum Gasteiger partial charge on any atom is -0.466 e. The number of ether oxygens (including phenoxy) is 2. The second-order valence-electron chi connectivity index (χ2n) is 3.29. The first kappa shape index (κ1) is 15.4. The topological polar surface area (TPSA) is 52.6 Å². The minimum absolute atomic E-state index is 0.111. The first-order valence-corrected chi connectivity index (χ1v) is 6.66. The van der Waals surface area contributed by atoms with Crippen LogP contribution in [0.15, 0.2) is 0 Å². The third-order valence-corrected chi connectivity index (χ3v) is 2.59. The summed E-state index contributed by atoms with van der Waals surface area (Å²) in [6.45, 7) is 4.18. The van der Waals surface area contributed by atoms with E-state index in [1.165, 1.54) is 0 Å². The van der Waals surface area contributed by atoms with Crippen LogP contribution in [-0.4, -0.2) is 30.5 Å². The first-order valence-electron chi connectivity index (χ1n) is 5.53. The molecule has 0 aliphatic rings. The van der Waals surface area contributed by atoms with Gasteiger partial charge in [0.1, 0.15) is 0 Å². The third kappa shape index (κ3) is 6.82. The molecule has 0 amide bonds. The fraction of sp³-hybridized carbons (Fsp3) is 0.818. The number of hydrogen-bond acceptors (Lipinski definition) is 4. The molecule has 0 saturated carbocycles. The summed E-state index contributed by atoms with van der Waals surface area (Å²) < 4.78 is 9.74. The van der Waals surface area contributed by atoms with Gasteiger partial charge in [0, 0.05) is 5.33 Å². The van der Waals surface area contributed by atoms with E-state index >= 15 is 0 Å². The second kappa shape index (κ2) is 9.63. The van der Waals surface area contributed by atoms with Crippen molar-refractivity contribution in [3.63, 3.8) is 0 Å². The van der Waals surface area contributed by atoms with Crippen molar-refractivity contribution in [1.29, 1.82) is 0 Å². The SMILES string of the molecule is CCOC(=O)C[C@@H](CCCBr)C(=O)OCC. The summed E-state index contributed by atoms with van der Waals surface area (Å²) in [4.78, 5) is 22.8. The van der Waals surface area contributed by atoms with Gasteiger partial charge in [-0.2, -0.15) is 0 Å². The quantitative estimate of drug-likeness (QED) is 0.509. The predicted octanol–water partition coefficient (Wildman–Crippen LogP) is 2.29. The molecule has 0 aromatic carbocycles. The molecule has 0 fully saturated rings. The van der Waals surface area contributed by atoms with Crippen molar-refractivity contribution in [2.75, 3.05) is 18.5 Å². The van der Waals surface area contributed by atoms with Gasteiger partial charge in [-0.05, 0) is 26.7 Å². The molecule has 0 rings (SSSR count). The summed E-state index contributed by atoms with van der Waals surface area (Å²) in [5.41, 5.74) is 0. The van der Waals surface area contributed by atoms with Crippen molar-refractivity contribution in [2.24, 2.45) is 5.92 Å². The molecule has 16 heavy (non-hydrogen) atoms. The van der Waals surface area contributed by atoms with Gasteiger partial charge < -0.3 is 9.47 Å². The van der Waals surface area contributed by atoms with E-state index in [4.69, 9.17) is 9.47 Å². The lowest BCUT2D eigenvalue weighted by molar-refractivity contribution is -0.155. The number of halogens is 1. The molecular formula is C11H19BrO4. The molecule has 4 nitrogen and oxygen atoms in total. The standard InChI is InChI=1S/C11H19BrO4/c1-3-15-10(13)8-9(6-5-7-12)11(14)16-4-2/h9H,3-8H2,1-2H3/t9-/m1/s1. The Hall–Kier alpha value is -0.580. The molecule has 1 atom stereocenters. The Morgan fingerprint density at radius 2 is 1.81 bits per heavy atom. The molecule has 0 aromatic heterocycles. The molecule has 0 heterocycles. The smallest absolute Gasteiger partial charge is 0.309 e. The van der Waals surface area contributed by atoms with Crippen molar-refractivity contribution in [2.45, 2.75) is 33.1 Å². The first-order chi connectivity index (χ1) is 7.65. The minimum atomic E-state index is -0.378. The fourth-order valence-electron chi connectivity index (χ4n) is 1.31. The van der Waals surface area contributed by atoms with Crippen molar-refractivity contribution in [3.05, 3.63) is 0 Å². The van der Waals surface area contributed by atoms with Crippen LogP contribution >= 0.6 is 15.9 Å². The molecule has 0 saturated heterocycles. The summed E-state index contributed by atoms with van der Waals surface area (Å²) >= 11 is 3.29. The lowest BCUT2D eigenvalue weighted by atomic mass is 10.0. The maximum absolute atomic E-state index is 11.5. The molecule has 0 spiro atoms. The van der Waals surface area contributed by atoms with Gasteiger partial charge in [-0.25, -0.2) is 0 Å². The van der Waals surface area contributed by atoms with Gasteiger partial charge in [-0.3, -0.25) is 9.59 Å². The largest absolute Gasteiger partial charge is 0.466 e. The van der Waals surface area contributed by atoms with Crippen LogP contribution in [0.3, 0.4) is 0 Å². The summed E-state index contributed by atoms with van der Waals surface area (Å²) in [6, 6.07) is 0. The zero-order chi connectivity index (χ0) is 12.4. The summed E-state index contributed by atoms with van der Waals surface area (Å²) in [5, 5.41) is 0.811. The van der Waals surface area contributed by atoms with Gasteiger partial charge in [0.25, 0.3) is 0 Å². The van der Waals surface area contributed by atoms with E-state index in [1.807, 2.05) is 0 Å². The van der Waals surface area contributed by atoms with Gasteiger partial charge in [0.05, 0.1) is 25.6 Å². The van der Waals surface area contributed by atoms with Gasteiger partial charge in [0.2, 0.25) is 0 Å². The highest BCUT2D eigenvalue weighted by molar-refractivity contribution is 9.09. The van der Waals surface area contributed by atoms with E-state index < -0.39 is 0 Å². The number of rotatable bonds is 8. The van der Waals surface area contributed by atoms with Crippen LogP contribution < -0.4 is 0 Å². The average Bonchev–Trinajstić information content (AvgIpc) is 2.24. The Morgan fingerprint density at radius 3 is 2.31 bits per heavy atom. The zero-order valence-electron chi connectivity index (χ0n) is 9.83. The van der Waals surface area contributed by atoms with Crippen LogP contribution in [0.4, 0.5) is 0 Å². The van der Waals surface area contributed by atoms with Crippen LogP contribution in [0.5, 0.6) is 0 Å². The summed E-state index contributed by atoms with van der Waals surface area (Å²) in [7, 11) is 0. The van der Waals surface area contributed by atoms with E-state index in [0.29, 0.717) is 19.6 Å². The lowest BCUT2D eigenvalue weighted by Gasteiger charge is -2.13. The molecule has 5 heteroatoms. The van der Waals surface area contributed by atoms with E-state index in [9.17, 15) is 9.59 Å². The summed E-state index contributed by atoms with van der Waals surface area (Å²) in [6.07, 6.45) is 1.59. The van der Waals surface area contributed by atoms with Crippen LogP contribution in [0, 0.1) is 5.92 Å². The highest BCUT2D eigenvalue weighted by atomic mass is 79.9. The fourth-order valence-corrected chi connectivity index (χ4v) is 1.63. The lowest BCUT2D eigenvalue weighted by Crippen LogP contribution is -2.22. The van der Waals surface area contributed by atoms with Gasteiger partial charge in [-0.15, -0.1) is 0 Å². The number of alkyl halides is 1. The maximum atomic E-state index is 11.5. The highest BCUT2D eigenvalue weighted by Crippen LogP contribution is 2.15. The monoisotopic (exact) mass is 294 g/mol. The van der Waals surface area contributed by atoms with Crippen LogP contribution in [0.25, 0.3) is 0 Å². The summed E-state index contributed by atoms with van der Waals surface area (Å²) in [5.74, 6) is -1.02. The molecular weight excluding hydrogens is 276 g/mol.